The van der Waals surface area contributed by atoms with Gasteiger partial charge in [-0.15, -0.1) is 0 Å². The zero-order valence-corrected chi connectivity index (χ0v) is 12.9. The molecule has 0 aromatic rings. The van der Waals surface area contributed by atoms with E-state index in [0.717, 1.165) is 19.3 Å². The molecule has 0 aromatic heterocycles. The van der Waals surface area contributed by atoms with Crippen molar-refractivity contribution in [2.24, 2.45) is 5.41 Å². The predicted molar refractivity (Wildman–Crippen MR) is 73.4 cm³/mol. The van der Waals surface area contributed by atoms with Crippen LogP contribution in [0.4, 0.5) is 0 Å². The molecule has 0 heterocycles. The van der Waals surface area contributed by atoms with Crippen molar-refractivity contribution in [2.45, 2.75) is 51.2 Å². The fraction of sp³-hybridized carbons (Fsp3) is 0.909. The van der Waals surface area contributed by atoms with E-state index < -0.39 is 36.3 Å². The Morgan fingerprint density at radius 2 is 1.79 bits per heavy atom. The van der Waals surface area contributed by atoms with Crippen molar-refractivity contribution < 1.29 is 21.6 Å². The second kappa shape index (κ2) is 6.15. The van der Waals surface area contributed by atoms with Gasteiger partial charge in [-0.3, -0.25) is 0 Å². The standard InChI is InChI=1S/C11H20N2O4S2/c1-11(2,10(13-12)18(14)15)8-19(16,17)9-6-4-3-5-7-9/h9,18H,3-8H2,1-2H3. The van der Waals surface area contributed by atoms with E-state index >= 15 is 0 Å². The van der Waals surface area contributed by atoms with Crippen molar-refractivity contribution in [1.82, 2.24) is 0 Å². The molecule has 1 rings (SSSR count). The topological polar surface area (TPSA) is 105 Å². The second-order valence-electron chi connectivity index (χ2n) is 5.63. The van der Waals surface area contributed by atoms with Gasteiger partial charge in [-0.2, -0.15) is 4.79 Å². The van der Waals surface area contributed by atoms with Gasteiger partial charge in [-0.05, 0) is 26.7 Å². The molecule has 1 saturated carbocycles. The highest BCUT2D eigenvalue weighted by atomic mass is 32.2. The molecule has 6 nitrogen and oxygen atoms in total. The van der Waals surface area contributed by atoms with Crippen LogP contribution in [0.5, 0.6) is 0 Å². The third-order valence-corrected chi connectivity index (χ3v) is 7.15. The van der Waals surface area contributed by atoms with Gasteiger partial charge in [0.2, 0.25) is 10.7 Å². The molecule has 1 aliphatic carbocycles. The summed E-state index contributed by atoms with van der Waals surface area (Å²) < 4.78 is 46.6. The second-order valence-corrected chi connectivity index (χ2v) is 8.85. The first-order chi connectivity index (χ1) is 8.70. The Balaban J connectivity index is 2.96. The Kier molecular flexibility index (Phi) is 5.29. The molecule has 0 aliphatic heterocycles. The quantitative estimate of drug-likeness (QED) is 0.275. The molecule has 19 heavy (non-hydrogen) atoms. The monoisotopic (exact) mass is 308 g/mol. The molecule has 110 valence electrons. The minimum absolute atomic E-state index is 0.312. The van der Waals surface area contributed by atoms with E-state index in [-0.39, 0.29) is 5.75 Å². The lowest BCUT2D eigenvalue weighted by atomic mass is 9.98. The molecular weight excluding hydrogens is 288 g/mol. The maximum absolute atomic E-state index is 12.3. The average molecular weight is 308 g/mol. The van der Waals surface area contributed by atoms with Gasteiger partial charge in [0.25, 0.3) is 0 Å². The molecule has 0 bridgehead atoms. The smallest absolute Gasteiger partial charge is 0.360 e. The molecular formula is C11H20N2O4S2. The molecule has 0 radical (unpaired) electrons. The summed E-state index contributed by atoms with van der Waals surface area (Å²) in [7, 11) is -6.48. The first-order valence-electron chi connectivity index (χ1n) is 6.29. The highest BCUT2D eigenvalue weighted by Crippen LogP contribution is 2.29. The van der Waals surface area contributed by atoms with E-state index in [9.17, 15) is 16.8 Å². The first-order valence-corrected chi connectivity index (χ1v) is 9.18. The number of rotatable bonds is 4. The summed E-state index contributed by atoms with van der Waals surface area (Å²) in [5.74, 6) is -0.312. The van der Waals surface area contributed by atoms with Crippen molar-refractivity contribution in [2.75, 3.05) is 5.75 Å². The third kappa shape index (κ3) is 4.12. The summed E-state index contributed by atoms with van der Waals surface area (Å²) in [6, 6.07) is 0. The van der Waals surface area contributed by atoms with Crippen LogP contribution >= 0.6 is 0 Å². The van der Waals surface area contributed by atoms with Crippen LogP contribution in [0.25, 0.3) is 5.53 Å². The molecule has 0 amide bonds. The highest BCUT2D eigenvalue weighted by molar-refractivity contribution is 7.92. The molecule has 0 aromatic carbocycles. The largest absolute Gasteiger partial charge is 0.385 e. The van der Waals surface area contributed by atoms with E-state index in [0.29, 0.717) is 12.8 Å². The molecule has 0 N–H and O–H groups in total. The average Bonchev–Trinajstić information content (AvgIpc) is 2.28. The Morgan fingerprint density at radius 1 is 1.26 bits per heavy atom. The highest BCUT2D eigenvalue weighted by Gasteiger charge is 2.42. The van der Waals surface area contributed by atoms with Crippen molar-refractivity contribution in [3.63, 3.8) is 0 Å². The maximum atomic E-state index is 12.3. The van der Waals surface area contributed by atoms with Gasteiger partial charge < -0.3 is 5.53 Å². The Bertz CT molecular complexity index is 543. The van der Waals surface area contributed by atoms with Crippen molar-refractivity contribution in [3.8, 4) is 0 Å². The van der Waals surface area contributed by atoms with Crippen LogP contribution in [0.15, 0.2) is 0 Å². The summed E-state index contributed by atoms with van der Waals surface area (Å²) in [6.07, 6.45) is 4.09. The first kappa shape index (κ1) is 16.3. The van der Waals surface area contributed by atoms with Gasteiger partial charge in [0.15, 0.2) is 9.84 Å². The van der Waals surface area contributed by atoms with Gasteiger partial charge in [0.05, 0.1) is 16.4 Å². The third-order valence-electron chi connectivity index (χ3n) is 3.50. The lowest BCUT2D eigenvalue weighted by Crippen LogP contribution is -2.38. The summed E-state index contributed by atoms with van der Waals surface area (Å²) in [4.78, 5) is 2.74. The molecule has 1 aliphatic rings. The number of nitrogens with zero attached hydrogens (tertiary/aromatic N) is 2. The lowest BCUT2D eigenvalue weighted by Gasteiger charge is -2.25. The molecule has 0 unspecified atom stereocenters. The van der Waals surface area contributed by atoms with Crippen LogP contribution in [0.2, 0.25) is 0 Å². The predicted octanol–water partition coefficient (Wildman–Crippen LogP) is 1.000. The summed E-state index contributed by atoms with van der Waals surface area (Å²) in [5.41, 5.74) is 7.54. The zero-order chi connectivity index (χ0) is 14.7. The van der Waals surface area contributed by atoms with Crippen molar-refractivity contribution in [1.29, 1.82) is 0 Å². The van der Waals surface area contributed by atoms with E-state index in [1.807, 2.05) is 0 Å². The van der Waals surface area contributed by atoms with Crippen LogP contribution in [0.1, 0.15) is 46.0 Å². The van der Waals surface area contributed by atoms with Gasteiger partial charge in [0, 0.05) is 0 Å². The molecule has 1 fully saturated rings. The van der Waals surface area contributed by atoms with Crippen LogP contribution in [-0.4, -0.2) is 37.7 Å². The fourth-order valence-electron chi connectivity index (χ4n) is 2.53. The minimum Gasteiger partial charge on any atom is -0.360 e. The maximum Gasteiger partial charge on any atom is 0.385 e. The van der Waals surface area contributed by atoms with Gasteiger partial charge in [0.1, 0.15) is 0 Å². The van der Waals surface area contributed by atoms with Gasteiger partial charge >= 0.3 is 5.04 Å². The van der Waals surface area contributed by atoms with Crippen LogP contribution < -0.4 is 0 Å². The summed E-state index contributed by atoms with van der Waals surface area (Å²) >= 11 is 0. The number of hydrogen-bond donors (Lipinski definition) is 1. The van der Waals surface area contributed by atoms with E-state index in [2.05, 4.69) is 4.79 Å². The van der Waals surface area contributed by atoms with E-state index in [1.165, 1.54) is 13.8 Å². The Morgan fingerprint density at radius 3 is 2.21 bits per heavy atom. The molecule has 8 heteroatoms. The minimum atomic E-state index is -3.39. The number of hydrogen-bond acceptors (Lipinski definition) is 4. The molecule has 0 spiro atoms. The Labute approximate surface area is 115 Å². The zero-order valence-electron chi connectivity index (χ0n) is 11.2. The van der Waals surface area contributed by atoms with Crippen LogP contribution in [0, 0.1) is 5.41 Å². The number of thiol groups is 1. The lowest BCUT2D eigenvalue weighted by molar-refractivity contribution is -0.0110. The fourth-order valence-corrected chi connectivity index (χ4v) is 5.71. The molecule has 0 atom stereocenters. The summed E-state index contributed by atoms with van der Waals surface area (Å²) in [5, 5.41) is -0.883. The normalized spacial score (nSPS) is 18.3. The van der Waals surface area contributed by atoms with E-state index in [1.54, 1.807) is 0 Å². The van der Waals surface area contributed by atoms with Gasteiger partial charge in [-0.25, -0.2) is 16.8 Å². The van der Waals surface area contributed by atoms with Crippen molar-refractivity contribution in [3.05, 3.63) is 5.53 Å². The molecule has 0 saturated heterocycles. The van der Waals surface area contributed by atoms with E-state index in [4.69, 9.17) is 5.53 Å². The van der Waals surface area contributed by atoms with Crippen LogP contribution in [-0.2, 0) is 20.5 Å². The number of sulfone groups is 1. The SMILES string of the molecule is CC(C)(CS(=O)(=O)C1CCCCC1)C(=[N+]=[N-])[SH](=O)=O. The summed E-state index contributed by atoms with van der Waals surface area (Å²) in [6.45, 7) is 2.93. The van der Waals surface area contributed by atoms with Crippen molar-refractivity contribution >= 4 is 25.6 Å². The van der Waals surface area contributed by atoms with Crippen LogP contribution in [0.3, 0.4) is 0 Å². The van der Waals surface area contributed by atoms with Gasteiger partial charge in [-0.1, -0.05) is 19.3 Å². The Hall–Kier alpha value is -0.720.